The molecule has 0 aliphatic carbocycles. The van der Waals surface area contributed by atoms with E-state index in [1.54, 1.807) is 14.2 Å². The zero-order valence-electron chi connectivity index (χ0n) is 11.7. The lowest BCUT2D eigenvalue weighted by atomic mass is 10.2. The van der Waals surface area contributed by atoms with Gasteiger partial charge < -0.3 is 19.5 Å². The molecule has 1 atom stereocenters. The summed E-state index contributed by atoms with van der Waals surface area (Å²) in [5, 5.41) is 3.29. The molecule has 4 nitrogen and oxygen atoms in total. The summed E-state index contributed by atoms with van der Waals surface area (Å²) < 4.78 is 16.3. The van der Waals surface area contributed by atoms with Crippen LogP contribution in [-0.4, -0.2) is 33.5 Å². The van der Waals surface area contributed by atoms with Gasteiger partial charge in [-0.25, -0.2) is 0 Å². The van der Waals surface area contributed by atoms with Crippen LogP contribution in [0.5, 0.6) is 11.5 Å². The zero-order chi connectivity index (χ0) is 13.4. The van der Waals surface area contributed by atoms with Gasteiger partial charge in [-0.2, -0.15) is 0 Å². The van der Waals surface area contributed by atoms with E-state index in [0.717, 1.165) is 30.2 Å². The predicted molar refractivity (Wildman–Crippen MR) is 72.3 cm³/mol. The monoisotopic (exact) mass is 253 g/mol. The third-order valence-corrected chi connectivity index (χ3v) is 2.71. The van der Waals surface area contributed by atoms with Crippen molar-refractivity contribution in [3.8, 4) is 11.5 Å². The van der Waals surface area contributed by atoms with E-state index < -0.39 is 0 Å². The van der Waals surface area contributed by atoms with Gasteiger partial charge in [0.25, 0.3) is 0 Å². The van der Waals surface area contributed by atoms with Crippen molar-refractivity contribution in [2.75, 3.05) is 27.4 Å². The van der Waals surface area contributed by atoms with Crippen LogP contribution >= 0.6 is 0 Å². The van der Waals surface area contributed by atoms with Gasteiger partial charge in [-0.3, -0.25) is 0 Å². The van der Waals surface area contributed by atoms with E-state index in [2.05, 4.69) is 12.2 Å². The first kappa shape index (κ1) is 14.8. The number of benzene rings is 1. The van der Waals surface area contributed by atoms with E-state index in [4.69, 9.17) is 14.2 Å². The smallest absolute Gasteiger partial charge is 0.165 e. The van der Waals surface area contributed by atoms with E-state index in [-0.39, 0.29) is 6.10 Å². The summed E-state index contributed by atoms with van der Waals surface area (Å²) in [7, 11) is 3.33. The standard InChI is InChI=1S/C14H23NO3/c1-5-15-9-12-7-6-8-13(17-4)14(12)18-10-11(2)16-3/h6-8,11,15H,5,9-10H2,1-4H3. The highest BCUT2D eigenvalue weighted by atomic mass is 16.5. The third kappa shape index (κ3) is 4.20. The Hall–Kier alpha value is -1.26. The van der Waals surface area contributed by atoms with Crippen LogP contribution in [0.4, 0.5) is 0 Å². The first-order chi connectivity index (χ1) is 8.72. The molecule has 0 saturated carbocycles. The Balaban J connectivity index is 2.82. The molecule has 0 aliphatic heterocycles. The molecule has 1 unspecified atom stereocenters. The lowest BCUT2D eigenvalue weighted by Gasteiger charge is -2.17. The van der Waals surface area contributed by atoms with Crippen molar-refractivity contribution < 1.29 is 14.2 Å². The summed E-state index contributed by atoms with van der Waals surface area (Å²) in [6.45, 7) is 6.25. The fourth-order valence-corrected chi connectivity index (χ4v) is 1.55. The molecule has 1 rings (SSSR count). The van der Waals surface area contributed by atoms with Gasteiger partial charge >= 0.3 is 0 Å². The fraction of sp³-hybridized carbons (Fsp3) is 0.571. The normalized spacial score (nSPS) is 12.2. The zero-order valence-corrected chi connectivity index (χ0v) is 11.7. The first-order valence-corrected chi connectivity index (χ1v) is 6.25. The second kappa shape index (κ2) is 7.95. The van der Waals surface area contributed by atoms with Crippen molar-refractivity contribution >= 4 is 0 Å². The highest BCUT2D eigenvalue weighted by molar-refractivity contribution is 5.46. The topological polar surface area (TPSA) is 39.7 Å². The maximum Gasteiger partial charge on any atom is 0.165 e. The lowest BCUT2D eigenvalue weighted by molar-refractivity contribution is 0.0702. The number of methoxy groups -OCH3 is 2. The van der Waals surface area contributed by atoms with Gasteiger partial charge in [-0.05, 0) is 19.5 Å². The molecular weight excluding hydrogens is 230 g/mol. The van der Waals surface area contributed by atoms with Gasteiger partial charge in [0.2, 0.25) is 0 Å². The minimum Gasteiger partial charge on any atom is -0.493 e. The van der Waals surface area contributed by atoms with E-state index in [1.165, 1.54) is 0 Å². The van der Waals surface area contributed by atoms with Crippen LogP contribution in [0.15, 0.2) is 18.2 Å². The number of para-hydroxylation sites is 1. The van der Waals surface area contributed by atoms with Gasteiger partial charge in [0, 0.05) is 19.2 Å². The quantitative estimate of drug-likeness (QED) is 0.771. The molecule has 0 bridgehead atoms. The van der Waals surface area contributed by atoms with E-state index >= 15 is 0 Å². The molecule has 1 aromatic rings. The molecule has 0 amide bonds. The molecular formula is C14H23NO3. The number of hydrogen-bond donors (Lipinski definition) is 1. The largest absolute Gasteiger partial charge is 0.493 e. The first-order valence-electron chi connectivity index (χ1n) is 6.25. The Morgan fingerprint density at radius 1 is 1.28 bits per heavy atom. The molecule has 0 aromatic heterocycles. The van der Waals surface area contributed by atoms with E-state index in [9.17, 15) is 0 Å². The second-order valence-electron chi connectivity index (χ2n) is 4.09. The SMILES string of the molecule is CCNCc1cccc(OC)c1OCC(C)OC. The summed E-state index contributed by atoms with van der Waals surface area (Å²) in [5.41, 5.74) is 1.10. The maximum absolute atomic E-state index is 5.82. The van der Waals surface area contributed by atoms with Crippen molar-refractivity contribution in [3.05, 3.63) is 23.8 Å². The van der Waals surface area contributed by atoms with Crippen molar-refractivity contribution in [2.45, 2.75) is 26.5 Å². The molecule has 0 heterocycles. The molecule has 0 saturated heterocycles. The highest BCUT2D eigenvalue weighted by Gasteiger charge is 2.11. The Labute approximate surface area is 109 Å². The summed E-state index contributed by atoms with van der Waals surface area (Å²) in [5.74, 6) is 1.55. The van der Waals surface area contributed by atoms with Crippen LogP contribution in [0, 0.1) is 0 Å². The van der Waals surface area contributed by atoms with Crippen molar-refractivity contribution in [1.29, 1.82) is 0 Å². The minimum atomic E-state index is 0.0573. The fourth-order valence-electron chi connectivity index (χ4n) is 1.55. The molecule has 0 aliphatic rings. The Morgan fingerprint density at radius 2 is 2.06 bits per heavy atom. The summed E-state index contributed by atoms with van der Waals surface area (Å²) in [6, 6.07) is 5.92. The van der Waals surface area contributed by atoms with Crippen LogP contribution in [0.2, 0.25) is 0 Å². The van der Waals surface area contributed by atoms with Crippen LogP contribution in [-0.2, 0) is 11.3 Å². The van der Waals surface area contributed by atoms with Crippen molar-refractivity contribution in [2.24, 2.45) is 0 Å². The average Bonchev–Trinajstić information content (AvgIpc) is 2.42. The molecule has 18 heavy (non-hydrogen) atoms. The van der Waals surface area contributed by atoms with Gasteiger partial charge in [-0.15, -0.1) is 0 Å². The number of rotatable bonds is 8. The second-order valence-corrected chi connectivity index (χ2v) is 4.09. The van der Waals surface area contributed by atoms with E-state index in [1.807, 2.05) is 25.1 Å². The van der Waals surface area contributed by atoms with Crippen LogP contribution in [0.25, 0.3) is 0 Å². The lowest BCUT2D eigenvalue weighted by Crippen LogP contribution is -2.18. The van der Waals surface area contributed by atoms with Gasteiger partial charge in [0.05, 0.1) is 13.2 Å². The molecule has 0 radical (unpaired) electrons. The van der Waals surface area contributed by atoms with Crippen LogP contribution < -0.4 is 14.8 Å². The molecule has 1 N–H and O–H groups in total. The molecule has 4 heteroatoms. The Bertz CT molecular complexity index is 355. The minimum absolute atomic E-state index is 0.0573. The van der Waals surface area contributed by atoms with Gasteiger partial charge in [0.15, 0.2) is 11.5 Å². The molecule has 102 valence electrons. The number of ether oxygens (including phenoxy) is 3. The summed E-state index contributed by atoms with van der Waals surface area (Å²) >= 11 is 0. The third-order valence-electron chi connectivity index (χ3n) is 2.71. The highest BCUT2D eigenvalue weighted by Crippen LogP contribution is 2.31. The van der Waals surface area contributed by atoms with Gasteiger partial charge in [-0.1, -0.05) is 19.1 Å². The summed E-state index contributed by atoms with van der Waals surface area (Å²) in [4.78, 5) is 0. The predicted octanol–water partition coefficient (Wildman–Crippen LogP) is 2.22. The molecule has 0 spiro atoms. The average molecular weight is 253 g/mol. The molecule has 0 fully saturated rings. The number of nitrogens with one attached hydrogen (secondary N) is 1. The number of hydrogen-bond acceptors (Lipinski definition) is 4. The molecule has 1 aromatic carbocycles. The maximum atomic E-state index is 5.82. The summed E-state index contributed by atoms with van der Waals surface area (Å²) in [6.07, 6.45) is 0.0573. The van der Waals surface area contributed by atoms with Crippen molar-refractivity contribution in [1.82, 2.24) is 5.32 Å². The van der Waals surface area contributed by atoms with Crippen molar-refractivity contribution in [3.63, 3.8) is 0 Å². The van der Waals surface area contributed by atoms with Gasteiger partial charge in [0.1, 0.15) is 6.61 Å². The van der Waals surface area contributed by atoms with Crippen LogP contribution in [0.3, 0.4) is 0 Å². The van der Waals surface area contributed by atoms with Crippen LogP contribution in [0.1, 0.15) is 19.4 Å². The van der Waals surface area contributed by atoms with E-state index in [0.29, 0.717) is 6.61 Å². The Kier molecular flexibility index (Phi) is 6.54. The Morgan fingerprint density at radius 3 is 2.67 bits per heavy atom.